The summed E-state index contributed by atoms with van der Waals surface area (Å²) in [5, 5.41) is 0. The zero-order valence-corrected chi connectivity index (χ0v) is 13.8. The van der Waals surface area contributed by atoms with Crippen molar-refractivity contribution in [3.05, 3.63) is 0 Å². The zero-order chi connectivity index (χ0) is 12.1. The fourth-order valence-corrected chi connectivity index (χ4v) is 2.61. The van der Waals surface area contributed by atoms with Crippen LogP contribution < -0.4 is 0 Å². The van der Waals surface area contributed by atoms with Crippen LogP contribution in [0.2, 0.25) is 0 Å². The molecular weight excluding hydrogens is 212 g/mol. The lowest BCUT2D eigenvalue weighted by Crippen LogP contribution is -2.10. The maximum Gasteiger partial charge on any atom is 0.146 e. The Morgan fingerprint density at radius 1 is 0.750 bits per heavy atom. The van der Waals surface area contributed by atoms with Gasteiger partial charge in [0.05, 0.1) is 0 Å². The Labute approximate surface area is 106 Å². The van der Waals surface area contributed by atoms with Crippen LogP contribution in [-0.4, -0.2) is 16.6 Å². The first kappa shape index (κ1) is 16.2. The second kappa shape index (κ2) is 13.2. The standard InChI is InChI=1S/C14H32OSi/c1-3-5-7-8-9-10-11-13-14(15-16)12-6-4-2/h14H,3-13H2,1-2,16H3. The summed E-state index contributed by atoms with van der Waals surface area (Å²) < 4.78 is 5.64. The highest BCUT2D eigenvalue weighted by Gasteiger charge is 2.04. The predicted octanol–water partition coefficient (Wildman–Crippen LogP) is 3.98. The third-order valence-electron chi connectivity index (χ3n) is 3.34. The molecule has 0 radical (unpaired) electrons. The van der Waals surface area contributed by atoms with Crippen molar-refractivity contribution in [2.24, 2.45) is 0 Å². The summed E-state index contributed by atoms with van der Waals surface area (Å²) >= 11 is 0. The van der Waals surface area contributed by atoms with Gasteiger partial charge in [-0.25, -0.2) is 0 Å². The maximum absolute atomic E-state index is 5.64. The Kier molecular flexibility index (Phi) is 13.4. The first-order chi connectivity index (χ1) is 7.85. The van der Waals surface area contributed by atoms with E-state index in [0.717, 1.165) is 10.5 Å². The summed E-state index contributed by atoms with van der Waals surface area (Å²) in [4.78, 5) is 0. The number of hydrogen-bond donors (Lipinski definition) is 0. The van der Waals surface area contributed by atoms with Gasteiger partial charge >= 0.3 is 0 Å². The van der Waals surface area contributed by atoms with E-state index < -0.39 is 0 Å². The molecule has 0 aromatic carbocycles. The number of hydrogen-bond acceptors (Lipinski definition) is 1. The molecule has 98 valence electrons. The van der Waals surface area contributed by atoms with E-state index >= 15 is 0 Å². The molecule has 2 heteroatoms. The summed E-state index contributed by atoms with van der Waals surface area (Å²) in [5.41, 5.74) is 0. The van der Waals surface area contributed by atoms with E-state index in [2.05, 4.69) is 13.8 Å². The molecule has 0 N–H and O–H groups in total. The average Bonchev–Trinajstić information content (AvgIpc) is 2.32. The Morgan fingerprint density at radius 3 is 1.81 bits per heavy atom. The van der Waals surface area contributed by atoms with E-state index in [0.29, 0.717) is 6.10 Å². The van der Waals surface area contributed by atoms with Gasteiger partial charge in [-0.15, -0.1) is 0 Å². The molecule has 0 aliphatic rings. The van der Waals surface area contributed by atoms with E-state index in [-0.39, 0.29) is 0 Å². The fourth-order valence-electron chi connectivity index (χ4n) is 2.14. The second-order valence-electron chi connectivity index (χ2n) is 4.91. The highest BCUT2D eigenvalue weighted by molar-refractivity contribution is 5.98. The van der Waals surface area contributed by atoms with Crippen LogP contribution in [0.5, 0.6) is 0 Å². The molecule has 0 fully saturated rings. The molecule has 0 aliphatic carbocycles. The van der Waals surface area contributed by atoms with Crippen molar-refractivity contribution in [2.45, 2.75) is 90.6 Å². The molecule has 0 spiro atoms. The number of rotatable bonds is 12. The van der Waals surface area contributed by atoms with Crippen molar-refractivity contribution in [1.82, 2.24) is 0 Å². The minimum Gasteiger partial charge on any atom is -0.425 e. The molecule has 0 aromatic heterocycles. The van der Waals surface area contributed by atoms with E-state index in [1.54, 1.807) is 0 Å². The minimum atomic E-state index is 0.585. The van der Waals surface area contributed by atoms with Crippen molar-refractivity contribution < 1.29 is 4.43 Å². The van der Waals surface area contributed by atoms with E-state index in [9.17, 15) is 0 Å². The smallest absolute Gasteiger partial charge is 0.146 e. The van der Waals surface area contributed by atoms with Crippen molar-refractivity contribution in [3.63, 3.8) is 0 Å². The number of unbranched alkanes of at least 4 members (excludes halogenated alkanes) is 7. The highest BCUT2D eigenvalue weighted by Crippen LogP contribution is 2.14. The maximum atomic E-state index is 5.64. The molecule has 0 heterocycles. The van der Waals surface area contributed by atoms with Crippen molar-refractivity contribution in [1.29, 1.82) is 0 Å². The predicted molar refractivity (Wildman–Crippen MR) is 76.9 cm³/mol. The van der Waals surface area contributed by atoms with Gasteiger partial charge in [-0.3, -0.25) is 0 Å². The molecule has 0 saturated carbocycles. The van der Waals surface area contributed by atoms with Crippen LogP contribution in [0, 0.1) is 0 Å². The molecule has 0 aliphatic heterocycles. The second-order valence-corrected chi connectivity index (χ2v) is 5.38. The lowest BCUT2D eigenvalue weighted by atomic mass is 10.0. The van der Waals surface area contributed by atoms with Crippen LogP contribution in [0.3, 0.4) is 0 Å². The fraction of sp³-hybridized carbons (Fsp3) is 1.00. The van der Waals surface area contributed by atoms with Crippen LogP contribution in [-0.2, 0) is 4.43 Å². The zero-order valence-electron chi connectivity index (χ0n) is 11.8. The molecule has 0 rings (SSSR count). The largest absolute Gasteiger partial charge is 0.425 e. The van der Waals surface area contributed by atoms with Crippen LogP contribution in [0.1, 0.15) is 84.5 Å². The third-order valence-corrected chi connectivity index (χ3v) is 4.01. The quantitative estimate of drug-likeness (QED) is 0.373. The lowest BCUT2D eigenvalue weighted by Gasteiger charge is -2.15. The van der Waals surface area contributed by atoms with Crippen molar-refractivity contribution in [3.8, 4) is 0 Å². The third kappa shape index (κ3) is 10.7. The summed E-state index contributed by atoms with van der Waals surface area (Å²) in [6, 6.07) is 0. The van der Waals surface area contributed by atoms with Gasteiger partial charge in [-0.05, 0) is 12.8 Å². The van der Waals surface area contributed by atoms with Crippen LogP contribution >= 0.6 is 0 Å². The molecule has 0 amide bonds. The molecule has 1 nitrogen and oxygen atoms in total. The molecule has 16 heavy (non-hydrogen) atoms. The molecular formula is C14H32OSi. The van der Waals surface area contributed by atoms with E-state index in [4.69, 9.17) is 4.43 Å². The normalized spacial score (nSPS) is 13.1. The summed E-state index contributed by atoms with van der Waals surface area (Å²) in [6.07, 6.45) is 15.7. The van der Waals surface area contributed by atoms with Gasteiger partial charge < -0.3 is 4.43 Å². The van der Waals surface area contributed by atoms with E-state index in [1.807, 2.05) is 0 Å². The lowest BCUT2D eigenvalue weighted by molar-refractivity contribution is 0.190. The van der Waals surface area contributed by atoms with Gasteiger partial charge in [0.15, 0.2) is 0 Å². The summed E-state index contributed by atoms with van der Waals surface area (Å²) in [6.45, 7) is 4.54. The van der Waals surface area contributed by atoms with Gasteiger partial charge in [0.2, 0.25) is 0 Å². The SMILES string of the molecule is CCCCCCCCCC(CCCC)O[SiH3]. The van der Waals surface area contributed by atoms with E-state index in [1.165, 1.54) is 70.6 Å². The average molecular weight is 244 g/mol. The van der Waals surface area contributed by atoms with Gasteiger partial charge in [0, 0.05) is 6.10 Å². The summed E-state index contributed by atoms with van der Waals surface area (Å²) in [5.74, 6) is 0. The van der Waals surface area contributed by atoms with Gasteiger partial charge in [-0.2, -0.15) is 0 Å². The molecule has 0 saturated heterocycles. The first-order valence-corrected chi connectivity index (χ1v) is 8.19. The van der Waals surface area contributed by atoms with Crippen LogP contribution in [0.15, 0.2) is 0 Å². The Hall–Kier alpha value is 0.177. The Balaban J connectivity index is 3.20. The van der Waals surface area contributed by atoms with Crippen molar-refractivity contribution >= 4 is 10.5 Å². The van der Waals surface area contributed by atoms with Crippen LogP contribution in [0.4, 0.5) is 0 Å². The molecule has 1 atom stereocenters. The molecule has 0 bridgehead atoms. The molecule has 1 unspecified atom stereocenters. The Morgan fingerprint density at radius 2 is 1.25 bits per heavy atom. The monoisotopic (exact) mass is 244 g/mol. The summed E-state index contributed by atoms with van der Waals surface area (Å²) in [7, 11) is 0.910. The van der Waals surface area contributed by atoms with Gasteiger partial charge in [0.25, 0.3) is 0 Å². The first-order valence-electron chi connectivity index (χ1n) is 7.37. The van der Waals surface area contributed by atoms with Crippen molar-refractivity contribution in [2.75, 3.05) is 0 Å². The van der Waals surface area contributed by atoms with Gasteiger partial charge in [-0.1, -0.05) is 71.6 Å². The van der Waals surface area contributed by atoms with Crippen LogP contribution in [0.25, 0.3) is 0 Å². The molecule has 0 aromatic rings. The topological polar surface area (TPSA) is 9.23 Å². The highest BCUT2D eigenvalue weighted by atomic mass is 28.2. The Bertz CT molecular complexity index is 128. The van der Waals surface area contributed by atoms with Gasteiger partial charge in [0.1, 0.15) is 10.5 Å². The minimum absolute atomic E-state index is 0.585.